The van der Waals surface area contributed by atoms with Crippen LogP contribution in [0.3, 0.4) is 0 Å². The van der Waals surface area contributed by atoms with E-state index in [9.17, 15) is 18.0 Å². The van der Waals surface area contributed by atoms with Gasteiger partial charge in [0.05, 0.1) is 11.3 Å². The first-order valence-corrected chi connectivity index (χ1v) is 9.51. The van der Waals surface area contributed by atoms with E-state index in [1.807, 2.05) is 0 Å². The van der Waals surface area contributed by atoms with E-state index >= 15 is 0 Å². The molecule has 0 bridgehead atoms. The third kappa shape index (κ3) is 5.42. The van der Waals surface area contributed by atoms with Crippen molar-refractivity contribution in [3.05, 3.63) is 53.6 Å². The summed E-state index contributed by atoms with van der Waals surface area (Å²) in [6.07, 6.45) is 1.27. The van der Waals surface area contributed by atoms with Crippen LogP contribution in [-0.2, 0) is 25.8 Å². The van der Waals surface area contributed by atoms with Crippen molar-refractivity contribution >= 4 is 33.0 Å². The van der Waals surface area contributed by atoms with Crippen molar-refractivity contribution in [3.63, 3.8) is 0 Å². The second-order valence-corrected chi connectivity index (χ2v) is 7.87. The molecule has 25 heavy (non-hydrogen) atoms. The molecular weight excluding hydrogens is 340 g/mol. The molecule has 0 aromatic heterocycles. The van der Waals surface area contributed by atoms with Crippen LogP contribution in [0.4, 0.5) is 11.4 Å². The van der Waals surface area contributed by atoms with Gasteiger partial charge in [0.1, 0.15) is 0 Å². The molecule has 2 aromatic rings. The van der Waals surface area contributed by atoms with E-state index in [2.05, 4.69) is 10.6 Å². The lowest BCUT2D eigenvalue weighted by molar-refractivity contribution is -0.116. The molecule has 0 aliphatic carbocycles. The predicted octanol–water partition coefficient (Wildman–Crippen LogP) is 2.54. The lowest BCUT2D eigenvalue weighted by Gasteiger charge is -2.10. The van der Waals surface area contributed by atoms with Gasteiger partial charge in [0.2, 0.25) is 11.8 Å². The van der Waals surface area contributed by atoms with Crippen LogP contribution in [0, 0.1) is 6.92 Å². The first-order chi connectivity index (χ1) is 11.6. The Labute approximate surface area is 147 Å². The third-order valence-electron chi connectivity index (χ3n) is 3.55. The van der Waals surface area contributed by atoms with Gasteiger partial charge in [-0.3, -0.25) is 9.59 Å². The molecule has 2 aromatic carbocycles. The first-order valence-electron chi connectivity index (χ1n) is 7.62. The van der Waals surface area contributed by atoms with Gasteiger partial charge < -0.3 is 10.6 Å². The Balaban J connectivity index is 2.09. The summed E-state index contributed by atoms with van der Waals surface area (Å²) < 4.78 is 23.3. The van der Waals surface area contributed by atoms with Crippen LogP contribution < -0.4 is 10.6 Å². The molecule has 2 N–H and O–H groups in total. The van der Waals surface area contributed by atoms with Crippen LogP contribution in [0.1, 0.15) is 18.1 Å². The van der Waals surface area contributed by atoms with Crippen LogP contribution in [0.25, 0.3) is 0 Å². The Hall–Kier alpha value is -2.67. The molecular formula is C18H20N2O4S. The highest BCUT2D eigenvalue weighted by Gasteiger charge is 2.12. The third-order valence-corrected chi connectivity index (χ3v) is 4.66. The molecule has 0 unspecified atom stereocenters. The average molecular weight is 360 g/mol. The molecule has 0 atom stereocenters. The van der Waals surface area contributed by atoms with Gasteiger partial charge in [-0.25, -0.2) is 8.42 Å². The van der Waals surface area contributed by atoms with Crippen molar-refractivity contribution in [2.75, 3.05) is 16.9 Å². The number of sulfone groups is 1. The number of anilines is 2. The maximum atomic E-state index is 12.2. The number of amides is 2. The Kier molecular flexibility index (Phi) is 5.58. The van der Waals surface area contributed by atoms with Gasteiger partial charge in [0.25, 0.3) is 0 Å². The highest BCUT2D eigenvalue weighted by Crippen LogP contribution is 2.20. The molecule has 7 heteroatoms. The van der Waals surface area contributed by atoms with Crippen molar-refractivity contribution in [2.45, 2.75) is 25.2 Å². The zero-order valence-corrected chi connectivity index (χ0v) is 15.1. The van der Waals surface area contributed by atoms with E-state index in [-0.39, 0.29) is 23.1 Å². The van der Waals surface area contributed by atoms with Gasteiger partial charge >= 0.3 is 0 Å². The maximum Gasteiger partial charge on any atom is 0.228 e. The summed E-state index contributed by atoms with van der Waals surface area (Å²) in [7, 11) is -3.34. The lowest BCUT2D eigenvalue weighted by Crippen LogP contribution is -2.15. The molecule has 6 nitrogen and oxygen atoms in total. The fourth-order valence-electron chi connectivity index (χ4n) is 2.26. The summed E-state index contributed by atoms with van der Waals surface area (Å²) >= 11 is 0. The van der Waals surface area contributed by atoms with E-state index in [1.54, 1.807) is 37.3 Å². The molecule has 2 rings (SSSR count). The van der Waals surface area contributed by atoms with E-state index in [0.717, 1.165) is 17.4 Å². The summed E-state index contributed by atoms with van der Waals surface area (Å²) in [5, 5.41) is 5.40. The fourth-order valence-corrected chi connectivity index (χ4v) is 2.90. The molecule has 0 aliphatic heterocycles. The Morgan fingerprint density at radius 2 is 1.64 bits per heavy atom. The normalized spacial score (nSPS) is 11.0. The van der Waals surface area contributed by atoms with Crippen molar-refractivity contribution in [3.8, 4) is 0 Å². The highest BCUT2D eigenvalue weighted by molar-refractivity contribution is 7.90. The zero-order valence-electron chi connectivity index (χ0n) is 14.3. The summed E-state index contributed by atoms with van der Waals surface area (Å²) in [6, 6.07) is 11.6. The molecule has 0 saturated heterocycles. The van der Waals surface area contributed by atoms with Crippen molar-refractivity contribution in [1.29, 1.82) is 0 Å². The SMILES string of the molecule is CC(=O)Nc1ccc(CC(=O)Nc2cc(S(C)(=O)=O)ccc2C)cc1. The van der Waals surface area contributed by atoms with Gasteiger partial charge in [-0.05, 0) is 42.3 Å². The number of hydrogen-bond donors (Lipinski definition) is 2. The first kappa shape index (κ1) is 18.7. The molecule has 0 saturated carbocycles. The summed E-state index contributed by atoms with van der Waals surface area (Å²) in [4.78, 5) is 23.4. The molecule has 2 amide bonds. The van der Waals surface area contributed by atoms with Gasteiger partial charge in [-0.15, -0.1) is 0 Å². The van der Waals surface area contributed by atoms with E-state index in [1.165, 1.54) is 19.1 Å². The number of nitrogens with one attached hydrogen (secondary N) is 2. The predicted molar refractivity (Wildman–Crippen MR) is 97.4 cm³/mol. The summed E-state index contributed by atoms with van der Waals surface area (Å²) in [6.45, 7) is 3.22. The second-order valence-electron chi connectivity index (χ2n) is 5.85. The van der Waals surface area contributed by atoms with Crippen molar-refractivity contribution in [1.82, 2.24) is 0 Å². The number of carbonyl (C=O) groups excluding carboxylic acids is 2. The number of carbonyl (C=O) groups is 2. The molecule has 0 aliphatic rings. The fraction of sp³-hybridized carbons (Fsp3) is 0.222. The zero-order chi connectivity index (χ0) is 18.6. The summed E-state index contributed by atoms with van der Waals surface area (Å²) in [5.74, 6) is -0.409. The topological polar surface area (TPSA) is 92.3 Å². The van der Waals surface area contributed by atoms with Crippen molar-refractivity contribution in [2.24, 2.45) is 0 Å². The number of rotatable bonds is 5. The van der Waals surface area contributed by atoms with Crippen LogP contribution in [-0.4, -0.2) is 26.5 Å². The standard InChI is InChI=1S/C18H20N2O4S/c1-12-4-9-16(25(3,23)24)11-17(12)20-18(22)10-14-5-7-15(8-6-14)19-13(2)21/h4-9,11H,10H2,1-3H3,(H,19,21)(H,20,22). The van der Waals surface area contributed by atoms with Crippen LogP contribution in [0.15, 0.2) is 47.4 Å². The largest absolute Gasteiger partial charge is 0.326 e. The van der Waals surface area contributed by atoms with Gasteiger partial charge in [0, 0.05) is 24.6 Å². The minimum atomic E-state index is -3.34. The second kappa shape index (κ2) is 7.48. The number of aryl methyl sites for hydroxylation is 1. The van der Waals surface area contributed by atoms with Crippen molar-refractivity contribution < 1.29 is 18.0 Å². The van der Waals surface area contributed by atoms with Gasteiger partial charge in [-0.1, -0.05) is 18.2 Å². The van der Waals surface area contributed by atoms with E-state index in [4.69, 9.17) is 0 Å². The quantitative estimate of drug-likeness (QED) is 0.857. The van der Waals surface area contributed by atoms with Crippen LogP contribution in [0.5, 0.6) is 0 Å². The monoisotopic (exact) mass is 360 g/mol. The Morgan fingerprint density at radius 3 is 2.20 bits per heavy atom. The minimum absolute atomic E-state index is 0.142. The Morgan fingerprint density at radius 1 is 1.00 bits per heavy atom. The Bertz CT molecular complexity index is 903. The molecule has 0 spiro atoms. The molecule has 0 heterocycles. The maximum absolute atomic E-state index is 12.2. The number of benzene rings is 2. The van der Waals surface area contributed by atoms with E-state index in [0.29, 0.717) is 11.4 Å². The van der Waals surface area contributed by atoms with Crippen LogP contribution in [0.2, 0.25) is 0 Å². The van der Waals surface area contributed by atoms with Gasteiger partial charge in [0.15, 0.2) is 9.84 Å². The molecule has 0 radical (unpaired) electrons. The van der Waals surface area contributed by atoms with E-state index < -0.39 is 9.84 Å². The lowest BCUT2D eigenvalue weighted by atomic mass is 10.1. The smallest absolute Gasteiger partial charge is 0.228 e. The minimum Gasteiger partial charge on any atom is -0.326 e. The molecule has 0 fully saturated rings. The van der Waals surface area contributed by atoms with Crippen LogP contribution >= 0.6 is 0 Å². The van der Waals surface area contributed by atoms with Gasteiger partial charge in [-0.2, -0.15) is 0 Å². The molecule has 132 valence electrons. The number of hydrogen-bond acceptors (Lipinski definition) is 4. The highest BCUT2D eigenvalue weighted by atomic mass is 32.2. The summed E-state index contributed by atoms with van der Waals surface area (Å²) in [5.41, 5.74) is 2.70. The average Bonchev–Trinajstić information content (AvgIpc) is 2.50.